The number of carbonyl (C=O) groups excluding carboxylic acids is 2. The molecule has 0 unspecified atom stereocenters. The molecule has 2 amide bonds. The van der Waals surface area contributed by atoms with Gasteiger partial charge in [0.15, 0.2) is 11.6 Å². The molecule has 2 aromatic carbocycles. The summed E-state index contributed by atoms with van der Waals surface area (Å²) in [6.45, 7) is 8.92. The Morgan fingerprint density at radius 2 is 1.44 bits per heavy atom. The number of β-amino-alcohol motifs (C(OH)–C–C–N with tert-alkyl or cyclic N) is 1. The van der Waals surface area contributed by atoms with Gasteiger partial charge in [0.05, 0.1) is 33.6 Å². The lowest BCUT2D eigenvalue weighted by Crippen LogP contribution is -2.44. The molecule has 54 heavy (non-hydrogen) atoms. The number of fused-ring (bicyclic) bond motifs is 2. The van der Waals surface area contributed by atoms with Crippen molar-refractivity contribution in [2.45, 2.75) is 84.5 Å². The van der Waals surface area contributed by atoms with Gasteiger partial charge in [-0.2, -0.15) is 0 Å². The molecule has 0 bridgehead atoms. The summed E-state index contributed by atoms with van der Waals surface area (Å²) in [5.74, 6) is -0.771. The Bertz CT molecular complexity index is 2110. The summed E-state index contributed by atoms with van der Waals surface area (Å²) in [6.07, 6.45) is 4.04. The lowest BCUT2D eigenvalue weighted by molar-refractivity contribution is -0.150. The van der Waals surface area contributed by atoms with E-state index in [1.54, 1.807) is 13.0 Å². The van der Waals surface area contributed by atoms with E-state index in [-0.39, 0.29) is 11.8 Å². The molecule has 2 aromatic heterocycles. The third-order valence-electron chi connectivity index (χ3n) is 11.8. The third kappa shape index (κ3) is 7.17. The lowest BCUT2D eigenvalue weighted by Gasteiger charge is -2.41. The molecular weight excluding hydrogens is 708 g/mol. The van der Waals surface area contributed by atoms with Crippen LogP contribution in [0, 0.1) is 12.3 Å². The number of benzene rings is 2. The molecule has 1 aliphatic carbocycles. The van der Waals surface area contributed by atoms with E-state index in [9.17, 15) is 24.6 Å². The molecule has 7 rings (SSSR count). The average Bonchev–Trinajstić information content (AvgIpc) is 3.65. The van der Waals surface area contributed by atoms with Gasteiger partial charge in [0, 0.05) is 88.3 Å². The number of aromatic nitrogens is 4. The number of amides is 2. The number of carboxylic acids is 1. The van der Waals surface area contributed by atoms with Crippen molar-refractivity contribution in [2.75, 3.05) is 30.3 Å². The van der Waals surface area contributed by atoms with Crippen molar-refractivity contribution in [3.63, 3.8) is 0 Å². The van der Waals surface area contributed by atoms with Gasteiger partial charge in [-0.15, -0.1) is 0 Å². The average molecular weight is 757 g/mol. The Morgan fingerprint density at radius 3 is 2.06 bits per heavy atom. The fourth-order valence-corrected chi connectivity index (χ4v) is 8.73. The number of aliphatic carboxylic acids is 1. The van der Waals surface area contributed by atoms with Crippen LogP contribution in [-0.2, 0) is 44.8 Å². The Hall–Kier alpha value is -4.56. The molecule has 2 aliphatic heterocycles. The topological polar surface area (TPSA) is 158 Å². The number of aliphatic hydroxyl groups excluding tert-OH is 1. The summed E-state index contributed by atoms with van der Waals surface area (Å²) in [5.41, 5.74) is 6.51. The van der Waals surface area contributed by atoms with Crippen LogP contribution >= 0.6 is 11.6 Å². The van der Waals surface area contributed by atoms with Crippen LogP contribution in [0.25, 0.3) is 11.1 Å². The minimum atomic E-state index is -0.720. The van der Waals surface area contributed by atoms with Crippen molar-refractivity contribution >= 4 is 40.8 Å². The number of nitrogens with zero attached hydrogens (tertiary/aromatic N) is 6. The zero-order chi connectivity index (χ0) is 38.5. The minimum Gasteiger partial charge on any atom is -0.481 e. The zero-order valence-electron chi connectivity index (χ0n) is 31.6. The van der Waals surface area contributed by atoms with Gasteiger partial charge in [0.1, 0.15) is 0 Å². The highest BCUT2D eigenvalue weighted by Crippen LogP contribution is 2.40. The van der Waals surface area contributed by atoms with Crippen LogP contribution in [0.3, 0.4) is 0 Å². The molecule has 3 aliphatic rings. The molecular formula is C40H49ClN8O5. The molecule has 1 fully saturated rings. The van der Waals surface area contributed by atoms with Crippen molar-refractivity contribution in [3.05, 3.63) is 81.4 Å². The highest BCUT2D eigenvalue weighted by molar-refractivity contribution is 6.36. The van der Waals surface area contributed by atoms with Crippen molar-refractivity contribution < 1.29 is 24.6 Å². The number of hydrogen-bond acceptors (Lipinski definition) is 8. The van der Waals surface area contributed by atoms with Crippen LogP contribution in [0.15, 0.2) is 36.4 Å². The second-order valence-electron chi connectivity index (χ2n) is 15.5. The van der Waals surface area contributed by atoms with E-state index in [1.165, 1.54) is 0 Å². The molecule has 1 atom stereocenters. The Kier molecular flexibility index (Phi) is 10.4. The second kappa shape index (κ2) is 14.9. The van der Waals surface area contributed by atoms with Gasteiger partial charge in [0.2, 0.25) is 0 Å². The normalized spacial score (nSPS) is 20.9. The quantitative estimate of drug-likeness (QED) is 0.175. The summed E-state index contributed by atoms with van der Waals surface area (Å²) in [6, 6.07) is 11.4. The van der Waals surface area contributed by atoms with Gasteiger partial charge in [-0.25, -0.2) is 9.97 Å². The van der Waals surface area contributed by atoms with Crippen LogP contribution in [-0.4, -0.2) is 88.7 Å². The molecule has 0 radical (unpaired) electrons. The van der Waals surface area contributed by atoms with Crippen molar-refractivity contribution in [1.82, 2.24) is 28.9 Å². The maximum absolute atomic E-state index is 13.7. The van der Waals surface area contributed by atoms with Gasteiger partial charge < -0.3 is 30.0 Å². The summed E-state index contributed by atoms with van der Waals surface area (Å²) < 4.78 is 3.72. The predicted octanol–water partition coefficient (Wildman–Crippen LogP) is 5.42. The van der Waals surface area contributed by atoms with E-state index < -0.39 is 17.5 Å². The van der Waals surface area contributed by atoms with Crippen LogP contribution in [0.1, 0.15) is 89.1 Å². The van der Waals surface area contributed by atoms with E-state index in [2.05, 4.69) is 20.4 Å². The SMILES string of the molecule is Cc1c(NC(=O)c2nc3c(n2C)CCN(C[C@@H](C)O)C3)cccc1-c1cccc(NC(=O)c2nc3c(n2C)CCN(C2CCC(C)(C(=O)O)CC2)C3)c1Cl. The smallest absolute Gasteiger partial charge is 0.309 e. The lowest BCUT2D eigenvalue weighted by atomic mass is 9.73. The second-order valence-corrected chi connectivity index (χ2v) is 15.9. The van der Waals surface area contributed by atoms with Gasteiger partial charge in [-0.1, -0.05) is 35.9 Å². The summed E-state index contributed by atoms with van der Waals surface area (Å²) in [7, 11) is 3.72. The standard InChI is InChI=1S/C40H49ClN8O5/c1-23(50)20-48-18-14-32-30(21-48)42-35(46(32)4)37(51)44-28-10-6-8-26(24(28)2)27-9-7-11-29(34(27)41)45-38(52)36-43-31-22-49(19-15-33(31)47(36)5)25-12-16-40(3,17-13-25)39(53)54/h6-11,23,25,50H,12-22H2,1-5H3,(H,44,51)(H,45,52)(H,53,54)/t23-,25?,40?/m1/s1. The third-order valence-corrected chi connectivity index (χ3v) is 12.2. The fourth-order valence-electron chi connectivity index (χ4n) is 8.45. The van der Waals surface area contributed by atoms with Crippen LogP contribution in [0.2, 0.25) is 5.02 Å². The highest BCUT2D eigenvalue weighted by Gasteiger charge is 2.40. The first-order valence-corrected chi connectivity index (χ1v) is 19.1. The first-order chi connectivity index (χ1) is 25.7. The van der Waals surface area contributed by atoms with Gasteiger partial charge in [-0.05, 0) is 69.7 Å². The molecule has 4 heterocycles. The van der Waals surface area contributed by atoms with Crippen LogP contribution in [0.5, 0.6) is 0 Å². The van der Waals surface area contributed by atoms with E-state index in [4.69, 9.17) is 21.6 Å². The number of halogens is 1. The highest BCUT2D eigenvalue weighted by atomic mass is 35.5. The number of imidazole rings is 2. The number of carbonyl (C=O) groups is 3. The maximum atomic E-state index is 13.7. The first-order valence-electron chi connectivity index (χ1n) is 18.7. The molecule has 1 saturated carbocycles. The molecule has 4 N–H and O–H groups in total. The predicted molar refractivity (Wildman–Crippen MR) is 207 cm³/mol. The largest absolute Gasteiger partial charge is 0.481 e. The van der Waals surface area contributed by atoms with Crippen LogP contribution < -0.4 is 10.6 Å². The minimum absolute atomic E-state index is 0.301. The Morgan fingerprint density at radius 1 is 0.889 bits per heavy atom. The number of hydrogen-bond donors (Lipinski definition) is 4. The Labute approximate surface area is 320 Å². The zero-order valence-corrected chi connectivity index (χ0v) is 32.3. The van der Waals surface area contributed by atoms with E-state index in [0.717, 1.165) is 72.7 Å². The Balaban J connectivity index is 1.05. The fraction of sp³-hybridized carbons (Fsp3) is 0.475. The summed E-state index contributed by atoms with van der Waals surface area (Å²) in [4.78, 5) is 53.1. The number of carboxylic acid groups (broad SMARTS) is 1. The van der Waals surface area contributed by atoms with Crippen molar-refractivity contribution in [1.29, 1.82) is 0 Å². The van der Waals surface area contributed by atoms with Crippen LogP contribution in [0.4, 0.5) is 11.4 Å². The number of rotatable bonds is 9. The molecule has 4 aromatic rings. The van der Waals surface area contributed by atoms with Gasteiger partial charge >= 0.3 is 5.97 Å². The number of nitrogens with one attached hydrogen (secondary N) is 2. The monoisotopic (exact) mass is 756 g/mol. The molecule has 0 saturated heterocycles. The van der Waals surface area contributed by atoms with E-state index >= 15 is 0 Å². The maximum Gasteiger partial charge on any atom is 0.309 e. The van der Waals surface area contributed by atoms with Gasteiger partial charge in [-0.3, -0.25) is 24.2 Å². The van der Waals surface area contributed by atoms with Gasteiger partial charge in [0.25, 0.3) is 11.8 Å². The number of aliphatic hydroxyl groups is 1. The summed E-state index contributed by atoms with van der Waals surface area (Å²) >= 11 is 7.00. The number of anilines is 2. The first kappa shape index (κ1) is 37.7. The van der Waals surface area contributed by atoms with Crippen molar-refractivity contribution in [3.8, 4) is 11.1 Å². The molecule has 0 spiro atoms. The van der Waals surface area contributed by atoms with E-state index in [1.807, 2.05) is 67.4 Å². The summed E-state index contributed by atoms with van der Waals surface area (Å²) in [5, 5.41) is 25.9. The molecule has 14 heteroatoms. The van der Waals surface area contributed by atoms with E-state index in [0.29, 0.717) is 72.1 Å². The molecule has 13 nitrogen and oxygen atoms in total. The van der Waals surface area contributed by atoms with Crippen molar-refractivity contribution in [2.24, 2.45) is 19.5 Å². The molecule has 286 valence electrons.